The van der Waals surface area contributed by atoms with Gasteiger partial charge >= 0.3 is 6.03 Å². The average molecular weight is 440 g/mol. The van der Waals surface area contributed by atoms with Crippen LogP contribution in [-0.4, -0.2) is 55.7 Å². The number of benzene rings is 2. The summed E-state index contributed by atoms with van der Waals surface area (Å²) < 4.78 is 17.1. The van der Waals surface area contributed by atoms with Gasteiger partial charge in [-0.15, -0.1) is 0 Å². The number of hydrogen-bond donors (Lipinski definition) is 3. The van der Waals surface area contributed by atoms with E-state index in [0.717, 1.165) is 42.8 Å². The van der Waals surface area contributed by atoms with Gasteiger partial charge in [-0.25, -0.2) is 4.79 Å². The molecule has 2 aliphatic rings. The van der Waals surface area contributed by atoms with Gasteiger partial charge in [-0.3, -0.25) is 0 Å². The van der Waals surface area contributed by atoms with E-state index in [4.69, 9.17) is 14.2 Å². The Labute approximate surface area is 187 Å². The number of carbonyl (C=O) groups is 1. The number of aliphatic hydroxyl groups is 1. The molecule has 0 aliphatic carbocycles. The number of piperidine rings is 1. The molecule has 1 saturated heterocycles. The summed E-state index contributed by atoms with van der Waals surface area (Å²) >= 11 is 0. The second-order valence-corrected chi connectivity index (χ2v) is 8.11. The number of aliphatic hydroxyl groups excluding tert-OH is 1. The summed E-state index contributed by atoms with van der Waals surface area (Å²) in [4.78, 5) is 14.7. The second kappa shape index (κ2) is 9.50. The Bertz CT molecular complexity index is 1010. The zero-order valence-corrected chi connectivity index (χ0v) is 18.6. The minimum Gasteiger partial charge on any atom is -0.497 e. The molecule has 0 radical (unpaired) electrons. The summed E-state index contributed by atoms with van der Waals surface area (Å²) in [6, 6.07) is 10.3. The molecule has 0 bridgehead atoms. The van der Waals surface area contributed by atoms with Crippen molar-refractivity contribution in [2.45, 2.75) is 32.2 Å². The van der Waals surface area contributed by atoms with Crippen molar-refractivity contribution >= 4 is 17.8 Å². The third-order valence-electron chi connectivity index (χ3n) is 5.74. The SMILES string of the molecule is COc1cccc(NC(=O)NC2=Cc3ccc(OC4CCN(C)CC4)c(C)c3OC2O)c1. The minimum atomic E-state index is -1.30. The van der Waals surface area contributed by atoms with E-state index < -0.39 is 12.3 Å². The highest BCUT2D eigenvalue weighted by Crippen LogP contribution is 2.37. The Kier molecular flexibility index (Phi) is 6.53. The topological polar surface area (TPSA) is 92.3 Å². The highest BCUT2D eigenvalue weighted by atomic mass is 16.6. The van der Waals surface area contributed by atoms with Crippen LogP contribution in [0.25, 0.3) is 6.08 Å². The molecule has 4 rings (SSSR count). The van der Waals surface area contributed by atoms with Gasteiger partial charge in [-0.1, -0.05) is 6.07 Å². The Hall–Kier alpha value is -3.23. The van der Waals surface area contributed by atoms with Gasteiger partial charge < -0.3 is 34.9 Å². The van der Waals surface area contributed by atoms with E-state index in [1.165, 1.54) is 0 Å². The number of carbonyl (C=O) groups excluding carboxylic acids is 1. The minimum absolute atomic E-state index is 0.171. The molecule has 3 N–H and O–H groups in total. The molecule has 0 saturated carbocycles. The third kappa shape index (κ3) is 4.98. The van der Waals surface area contributed by atoms with E-state index >= 15 is 0 Å². The Balaban J connectivity index is 1.45. The lowest BCUT2D eigenvalue weighted by atomic mass is 10.0. The largest absolute Gasteiger partial charge is 0.497 e. The quantitative estimate of drug-likeness (QED) is 0.662. The van der Waals surface area contributed by atoms with Crippen LogP contribution in [0.15, 0.2) is 42.1 Å². The van der Waals surface area contributed by atoms with Crippen molar-refractivity contribution in [3.05, 3.63) is 53.2 Å². The van der Waals surface area contributed by atoms with Crippen molar-refractivity contribution in [3.63, 3.8) is 0 Å². The number of ether oxygens (including phenoxy) is 3. The molecule has 1 atom stereocenters. The highest BCUT2D eigenvalue weighted by Gasteiger charge is 2.26. The molecule has 0 aromatic heterocycles. The molecule has 2 aromatic carbocycles. The van der Waals surface area contributed by atoms with E-state index in [2.05, 4.69) is 22.6 Å². The number of nitrogens with one attached hydrogen (secondary N) is 2. The van der Waals surface area contributed by atoms with Gasteiger partial charge in [0.2, 0.25) is 6.29 Å². The number of rotatable bonds is 5. The number of fused-ring (bicyclic) bond motifs is 1. The molecule has 0 spiro atoms. The molecule has 2 amide bonds. The molecule has 1 unspecified atom stereocenters. The molecule has 8 heteroatoms. The van der Waals surface area contributed by atoms with Crippen molar-refractivity contribution in [3.8, 4) is 17.2 Å². The smallest absolute Gasteiger partial charge is 0.323 e. The van der Waals surface area contributed by atoms with Crippen molar-refractivity contribution in [1.29, 1.82) is 0 Å². The standard InChI is InChI=1S/C24H29N3O5/c1-15-21(31-18-9-11-27(2)12-10-18)8-7-16-13-20(23(28)32-22(15)16)26-24(29)25-17-5-4-6-19(14-17)30-3/h4-8,13-14,18,23,28H,9-12H2,1-3H3,(H2,25,26,29). The predicted molar refractivity (Wildman–Crippen MR) is 122 cm³/mol. The molecule has 2 aliphatic heterocycles. The van der Waals surface area contributed by atoms with Crippen LogP contribution in [0.2, 0.25) is 0 Å². The summed E-state index contributed by atoms with van der Waals surface area (Å²) in [5.74, 6) is 1.94. The highest BCUT2D eigenvalue weighted by molar-refractivity contribution is 5.91. The first-order chi connectivity index (χ1) is 15.4. The van der Waals surface area contributed by atoms with Crippen LogP contribution in [0.1, 0.15) is 24.0 Å². The molecule has 2 aromatic rings. The van der Waals surface area contributed by atoms with Gasteiger partial charge in [0.1, 0.15) is 23.4 Å². The van der Waals surface area contributed by atoms with Crippen LogP contribution in [0, 0.1) is 6.92 Å². The van der Waals surface area contributed by atoms with Gasteiger partial charge in [0.15, 0.2) is 0 Å². The van der Waals surface area contributed by atoms with Crippen molar-refractivity contribution in [2.24, 2.45) is 0 Å². The number of nitrogens with zero attached hydrogens (tertiary/aromatic N) is 1. The average Bonchev–Trinajstić information content (AvgIpc) is 2.78. The normalized spacial score (nSPS) is 18.8. The van der Waals surface area contributed by atoms with Crippen LogP contribution in [-0.2, 0) is 0 Å². The van der Waals surface area contributed by atoms with E-state index in [1.54, 1.807) is 37.5 Å². The van der Waals surface area contributed by atoms with Crippen molar-refractivity contribution in [1.82, 2.24) is 10.2 Å². The monoisotopic (exact) mass is 439 g/mol. The zero-order valence-electron chi connectivity index (χ0n) is 18.6. The maximum absolute atomic E-state index is 12.4. The van der Waals surface area contributed by atoms with Gasteiger partial charge in [0.05, 0.1) is 12.8 Å². The lowest BCUT2D eigenvalue weighted by Gasteiger charge is -2.31. The fraction of sp³-hybridized carbons (Fsp3) is 0.375. The summed E-state index contributed by atoms with van der Waals surface area (Å²) in [5, 5.41) is 15.9. The first kappa shape index (κ1) is 22.0. The zero-order chi connectivity index (χ0) is 22.7. The summed E-state index contributed by atoms with van der Waals surface area (Å²) in [7, 11) is 3.67. The summed E-state index contributed by atoms with van der Waals surface area (Å²) in [6.07, 6.45) is 2.54. The number of amides is 2. The molecule has 2 heterocycles. The van der Waals surface area contributed by atoms with Crippen LogP contribution in [0.4, 0.5) is 10.5 Å². The van der Waals surface area contributed by atoms with Gasteiger partial charge in [0.25, 0.3) is 0 Å². The van der Waals surface area contributed by atoms with Gasteiger partial charge in [-0.2, -0.15) is 0 Å². The van der Waals surface area contributed by atoms with Gasteiger partial charge in [0, 0.05) is 36.0 Å². The number of urea groups is 1. The molecular formula is C24H29N3O5. The fourth-order valence-corrected chi connectivity index (χ4v) is 3.88. The van der Waals surface area contributed by atoms with Crippen LogP contribution < -0.4 is 24.8 Å². The Morgan fingerprint density at radius 1 is 1.19 bits per heavy atom. The first-order valence-electron chi connectivity index (χ1n) is 10.7. The lowest BCUT2D eigenvalue weighted by Crippen LogP contribution is -2.37. The van der Waals surface area contributed by atoms with Crippen LogP contribution in [0.5, 0.6) is 17.2 Å². The van der Waals surface area contributed by atoms with Crippen molar-refractivity contribution in [2.75, 3.05) is 32.6 Å². The number of methoxy groups -OCH3 is 1. The molecule has 1 fully saturated rings. The van der Waals surface area contributed by atoms with Crippen LogP contribution >= 0.6 is 0 Å². The van der Waals surface area contributed by atoms with E-state index in [-0.39, 0.29) is 11.8 Å². The van der Waals surface area contributed by atoms with E-state index in [1.807, 2.05) is 19.1 Å². The predicted octanol–water partition coefficient (Wildman–Crippen LogP) is 3.35. The number of anilines is 1. The molecule has 32 heavy (non-hydrogen) atoms. The Morgan fingerprint density at radius 3 is 2.72 bits per heavy atom. The second-order valence-electron chi connectivity index (χ2n) is 8.11. The van der Waals surface area contributed by atoms with Gasteiger partial charge in [-0.05, 0) is 57.2 Å². The van der Waals surface area contributed by atoms with E-state index in [0.29, 0.717) is 17.2 Å². The molecule has 8 nitrogen and oxygen atoms in total. The number of likely N-dealkylation sites (tertiary alicyclic amines) is 1. The van der Waals surface area contributed by atoms with E-state index in [9.17, 15) is 9.90 Å². The maximum Gasteiger partial charge on any atom is 0.323 e. The summed E-state index contributed by atoms with van der Waals surface area (Å²) in [6.45, 7) is 3.94. The third-order valence-corrected chi connectivity index (χ3v) is 5.74. The Morgan fingerprint density at radius 2 is 1.97 bits per heavy atom. The summed E-state index contributed by atoms with van der Waals surface area (Å²) in [5.41, 5.74) is 2.42. The fourth-order valence-electron chi connectivity index (χ4n) is 3.88. The first-order valence-corrected chi connectivity index (χ1v) is 10.7. The van der Waals surface area contributed by atoms with Crippen LogP contribution in [0.3, 0.4) is 0 Å². The van der Waals surface area contributed by atoms with Crippen molar-refractivity contribution < 1.29 is 24.1 Å². The molecule has 170 valence electrons. The lowest BCUT2D eigenvalue weighted by molar-refractivity contribution is 0.00796. The number of hydrogen-bond acceptors (Lipinski definition) is 6. The maximum atomic E-state index is 12.4. The molecular weight excluding hydrogens is 410 g/mol.